The van der Waals surface area contributed by atoms with Crippen molar-refractivity contribution in [2.75, 3.05) is 10.5 Å². The van der Waals surface area contributed by atoms with E-state index in [2.05, 4.69) is 9.71 Å². The van der Waals surface area contributed by atoms with Gasteiger partial charge in [-0.15, -0.1) is 0 Å². The van der Waals surface area contributed by atoms with Gasteiger partial charge < -0.3 is 4.57 Å². The molecule has 0 fully saturated rings. The summed E-state index contributed by atoms with van der Waals surface area (Å²) in [5.74, 6) is -0.366. The first-order valence-corrected chi connectivity index (χ1v) is 5.05. The predicted octanol–water partition coefficient (Wildman–Crippen LogP) is -0.315. The second kappa shape index (κ2) is 3.45. The van der Waals surface area contributed by atoms with Crippen molar-refractivity contribution in [3.63, 3.8) is 0 Å². The van der Waals surface area contributed by atoms with Gasteiger partial charge in [-0.05, 0) is 0 Å². The molecular formula is C6H8N4O2S. The molecule has 0 radical (unpaired) electrons. The molecule has 0 bridgehead atoms. The minimum absolute atomic E-state index is 0.204. The number of nitrogens with one attached hydrogen (secondary N) is 1. The van der Waals surface area contributed by atoms with Crippen molar-refractivity contribution in [2.45, 2.75) is 0 Å². The molecular weight excluding hydrogens is 192 g/mol. The number of aryl methyl sites for hydroxylation is 1. The Morgan fingerprint density at radius 1 is 1.77 bits per heavy atom. The average Bonchev–Trinajstić information content (AvgIpc) is 2.35. The Morgan fingerprint density at radius 3 is 2.92 bits per heavy atom. The summed E-state index contributed by atoms with van der Waals surface area (Å²) in [6.07, 6.45) is 3.06. The predicted molar refractivity (Wildman–Crippen MR) is 46.2 cm³/mol. The van der Waals surface area contributed by atoms with E-state index in [1.807, 2.05) is 0 Å². The fourth-order valence-electron chi connectivity index (χ4n) is 0.724. The van der Waals surface area contributed by atoms with Gasteiger partial charge in [0.25, 0.3) is 0 Å². The number of hydrogen-bond acceptors (Lipinski definition) is 4. The lowest BCUT2D eigenvalue weighted by atomic mass is 10.9. The number of nitrogens with zero attached hydrogens (tertiary/aromatic N) is 3. The quantitative estimate of drug-likeness (QED) is 0.724. The number of nitriles is 1. The van der Waals surface area contributed by atoms with Gasteiger partial charge in [0.1, 0.15) is 0 Å². The van der Waals surface area contributed by atoms with Crippen molar-refractivity contribution < 1.29 is 8.42 Å². The second-order valence-electron chi connectivity index (χ2n) is 2.38. The Hall–Kier alpha value is -1.55. The van der Waals surface area contributed by atoms with Gasteiger partial charge >= 0.3 is 0 Å². The van der Waals surface area contributed by atoms with Crippen LogP contribution >= 0.6 is 0 Å². The molecule has 0 atom stereocenters. The molecule has 0 spiro atoms. The first kappa shape index (κ1) is 9.54. The Balaban J connectivity index is 2.82. The third-order valence-corrected chi connectivity index (χ3v) is 2.33. The molecule has 0 aliphatic carbocycles. The molecule has 0 saturated heterocycles. The summed E-state index contributed by atoms with van der Waals surface area (Å²) in [6.45, 7) is 0. The lowest BCUT2D eigenvalue weighted by molar-refractivity contribution is 0.603. The number of imidazole rings is 1. The number of sulfonamides is 1. The highest BCUT2D eigenvalue weighted by atomic mass is 32.2. The zero-order chi connectivity index (χ0) is 9.90. The van der Waals surface area contributed by atoms with Gasteiger partial charge in [0.2, 0.25) is 16.0 Å². The minimum Gasteiger partial charge on any atom is -0.320 e. The second-order valence-corrected chi connectivity index (χ2v) is 4.10. The van der Waals surface area contributed by atoms with Crippen molar-refractivity contribution in [3.05, 3.63) is 12.4 Å². The molecule has 0 aliphatic rings. The van der Waals surface area contributed by atoms with Gasteiger partial charge in [-0.2, -0.15) is 5.26 Å². The third-order valence-electron chi connectivity index (χ3n) is 1.32. The number of rotatable bonds is 3. The number of anilines is 1. The van der Waals surface area contributed by atoms with Gasteiger partial charge in [-0.1, -0.05) is 0 Å². The first-order valence-electron chi connectivity index (χ1n) is 3.40. The van der Waals surface area contributed by atoms with Gasteiger partial charge in [-0.25, -0.2) is 13.4 Å². The monoisotopic (exact) mass is 200 g/mol. The van der Waals surface area contributed by atoms with E-state index in [1.165, 1.54) is 10.8 Å². The van der Waals surface area contributed by atoms with E-state index in [9.17, 15) is 8.42 Å². The maximum atomic E-state index is 11.1. The summed E-state index contributed by atoms with van der Waals surface area (Å²) in [5.41, 5.74) is 0. The molecule has 0 unspecified atom stereocenters. The van der Waals surface area contributed by atoms with Gasteiger partial charge in [-0.3, -0.25) is 4.72 Å². The highest BCUT2D eigenvalue weighted by Crippen LogP contribution is 2.03. The highest BCUT2D eigenvalue weighted by Gasteiger charge is 2.11. The molecule has 0 saturated carbocycles. The van der Waals surface area contributed by atoms with Crippen LogP contribution in [0.15, 0.2) is 12.4 Å². The fraction of sp³-hybridized carbons (Fsp3) is 0.333. The van der Waals surface area contributed by atoms with Crippen LogP contribution in [0.5, 0.6) is 0 Å². The fourth-order valence-corrected chi connectivity index (χ4v) is 1.44. The molecule has 0 aliphatic heterocycles. The van der Waals surface area contributed by atoms with E-state index in [0.717, 1.165) is 0 Å². The van der Waals surface area contributed by atoms with E-state index < -0.39 is 15.8 Å². The van der Waals surface area contributed by atoms with E-state index in [0.29, 0.717) is 0 Å². The lowest BCUT2D eigenvalue weighted by Gasteiger charge is -2.03. The molecule has 13 heavy (non-hydrogen) atoms. The maximum Gasteiger partial charge on any atom is 0.248 e. The smallest absolute Gasteiger partial charge is 0.248 e. The van der Waals surface area contributed by atoms with E-state index >= 15 is 0 Å². The van der Waals surface area contributed by atoms with Crippen LogP contribution in [-0.2, 0) is 17.1 Å². The molecule has 1 heterocycles. The topological polar surface area (TPSA) is 87.8 Å². The summed E-state index contributed by atoms with van der Waals surface area (Å²) < 4.78 is 25.8. The van der Waals surface area contributed by atoms with Gasteiger partial charge in [0.05, 0.1) is 6.07 Å². The van der Waals surface area contributed by atoms with Gasteiger partial charge in [0.15, 0.2) is 5.75 Å². The maximum absolute atomic E-state index is 11.1. The average molecular weight is 200 g/mol. The Bertz CT molecular complexity index is 428. The van der Waals surface area contributed by atoms with Crippen LogP contribution in [-0.4, -0.2) is 23.7 Å². The van der Waals surface area contributed by atoms with Crippen LogP contribution in [0.4, 0.5) is 5.95 Å². The molecule has 1 rings (SSSR count). The summed E-state index contributed by atoms with van der Waals surface area (Å²) in [5, 5.41) is 8.20. The molecule has 6 nitrogen and oxygen atoms in total. The van der Waals surface area contributed by atoms with Crippen molar-refractivity contribution in [1.29, 1.82) is 5.26 Å². The van der Waals surface area contributed by atoms with E-state index in [1.54, 1.807) is 19.3 Å². The zero-order valence-electron chi connectivity index (χ0n) is 6.93. The largest absolute Gasteiger partial charge is 0.320 e. The van der Waals surface area contributed by atoms with E-state index in [-0.39, 0.29) is 5.95 Å². The molecule has 70 valence electrons. The zero-order valence-corrected chi connectivity index (χ0v) is 7.74. The van der Waals surface area contributed by atoms with E-state index in [4.69, 9.17) is 5.26 Å². The van der Waals surface area contributed by atoms with Gasteiger partial charge in [0, 0.05) is 19.4 Å². The Kier molecular flexibility index (Phi) is 2.53. The SMILES string of the molecule is Cn1ccnc1NS(=O)(=O)CC#N. The van der Waals surface area contributed by atoms with Crippen molar-refractivity contribution in [1.82, 2.24) is 9.55 Å². The summed E-state index contributed by atoms with van der Waals surface area (Å²) in [4.78, 5) is 3.75. The van der Waals surface area contributed by atoms with Crippen LogP contribution in [0.3, 0.4) is 0 Å². The molecule has 0 amide bonds. The first-order chi connectivity index (χ1) is 6.05. The van der Waals surface area contributed by atoms with Crippen LogP contribution in [0.1, 0.15) is 0 Å². The molecule has 1 N–H and O–H groups in total. The normalized spacial score (nSPS) is 10.8. The minimum atomic E-state index is -3.57. The molecule has 0 aromatic carbocycles. The summed E-state index contributed by atoms with van der Waals surface area (Å²) in [7, 11) is -1.92. The third kappa shape index (κ3) is 2.45. The van der Waals surface area contributed by atoms with Crippen LogP contribution in [0, 0.1) is 11.3 Å². The summed E-state index contributed by atoms with van der Waals surface area (Å²) >= 11 is 0. The Morgan fingerprint density at radius 2 is 2.46 bits per heavy atom. The molecule has 1 aromatic rings. The highest BCUT2D eigenvalue weighted by molar-refractivity contribution is 7.92. The van der Waals surface area contributed by atoms with Crippen molar-refractivity contribution in [3.8, 4) is 6.07 Å². The van der Waals surface area contributed by atoms with Crippen LogP contribution in [0.25, 0.3) is 0 Å². The standard InChI is InChI=1S/C6H8N4O2S/c1-10-4-3-8-6(10)9-13(11,12)5-2-7/h3-4H,5H2,1H3,(H,8,9). The van der Waals surface area contributed by atoms with Crippen LogP contribution < -0.4 is 4.72 Å². The van der Waals surface area contributed by atoms with Crippen LogP contribution in [0.2, 0.25) is 0 Å². The lowest BCUT2D eigenvalue weighted by Crippen LogP contribution is -2.17. The number of aromatic nitrogens is 2. The summed E-state index contributed by atoms with van der Waals surface area (Å²) in [6, 6.07) is 1.55. The van der Waals surface area contributed by atoms with Crippen molar-refractivity contribution in [2.24, 2.45) is 7.05 Å². The Labute approximate surface area is 75.9 Å². The molecule has 1 aromatic heterocycles. The number of hydrogen-bond donors (Lipinski definition) is 1. The molecule has 7 heteroatoms. The van der Waals surface area contributed by atoms with Crippen molar-refractivity contribution >= 4 is 16.0 Å².